The van der Waals surface area contributed by atoms with Crippen LogP contribution in [0.1, 0.15) is 13.3 Å². The van der Waals surface area contributed by atoms with Crippen LogP contribution in [0.3, 0.4) is 0 Å². The number of amides is 1. The molecular formula is C10H9BrF2N2O3. The maximum atomic E-state index is 13.4. The van der Waals surface area contributed by atoms with Crippen molar-refractivity contribution in [1.82, 2.24) is 0 Å². The van der Waals surface area contributed by atoms with Gasteiger partial charge in [0.05, 0.1) is 15.8 Å². The van der Waals surface area contributed by atoms with E-state index in [1.54, 1.807) is 6.92 Å². The molecule has 0 radical (unpaired) electrons. The second-order valence-corrected chi connectivity index (χ2v) is 4.51. The quantitative estimate of drug-likeness (QED) is 0.526. The highest BCUT2D eigenvalue weighted by Crippen LogP contribution is 2.29. The molecule has 1 amide bonds. The Labute approximate surface area is 109 Å². The molecule has 0 saturated carbocycles. The highest BCUT2D eigenvalue weighted by atomic mass is 79.9. The van der Waals surface area contributed by atoms with E-state index >= 15 is 0 Å². The van der Waals surface area contributed by atoms with Crippen LogP contribution in [-0.2, 0) is 4.79 Å². The molecule has 0 aliphatic rings. The van der Waals surface area contributed by atoms with Gasteiger partial charge in [0.15, 0.2) is 11.5 Å². The van der Waals surface area contributed by atoms with Crippen molar-refractivity contribution in [2.24, 2.45) is 0 Å². The Bertz CT molecular complexity index is 496. The molecule has 1 atom stereocenters. The Balaban J connectivity index is 3.15. The normalized spacial score (nSPS) is 12.0. The number of carbonyl (C=O) groups is 1. The van der Waals surface area contributed by atoms with Gasteiger partial charge in [-0.3, -0.25) is 14.9 Å². The van der Waals surface area contributed by atoms with Crippen LogP contribution in [0.4, 0.5) is 20.2 Å². The maximum absolute atomic E-state index is 13.4. The maximum Gasteiger partial charge on any atom is 0.298 e. The lowest BCUT2D eigenvalue weighted by molar-refractivity contribution is -0.384. The van der Waals surface area contributed by atoms with E-state index in [1.807, 2.05) is 0 Å². The molecule has 0 spiro atoms. The van der Waals surface area contributed by atoms with Gasteiger partial charge in [-0.1, -0.05) is 22.9 Å². The first-order valence-corrected chi connectivity index (χ1v) is 5.86. The molecule has 1 N–H and O–H groups in total. The molecule has 0 saturated heterocycles. The summed E-state index contributed by atoms with van der Waals surface area (Å²) in [7, 11) is 0. The van der Waals surface area contributed by atoms with Crippen molar-refractivity contribution in [1.29, 1.82) is 0 Å². The summed E-state index contributed by atoms with van der Waals surface area (Å²) in [6.07, 6.45) is 0.419. The molecule has 98 valence electrons. The Morgan fingerprint density at radius 2 is 2.17 bits per heavy atom. The van der Waals surface area contributed by atoms with Gasteiger partial charge in [-0.25, -0.2) is 8.78 Å². The van der Waals surface area contributed by atoms with Crippen molar-refractivity contribution in [3.8, 4) is 0 Å². The number of alkyl halides is 1. The second-order valence-electron chi connectivity index (χ2n) is 3.40. The van der Waals surface area contributed by atoms with E-state index < -0.39 is 38.7 Å². The lowest BCUT2D eigenvalue weighted by atomic mass is 10.2. The third-order valence-corrected chi connectivity index (χ3v) is 3.19. The smallest absolute Gasteiger partial charge is 0.298 e. The fourth-order valence-corrected chi connectivity index (χ4v) is 1.33. The Morgan fingerprint density at radius 1 is 1.56 bits per heavy atom. The molecule has 18 heavy (non-hydrogen) atoms. The van der Waals surface area contributed by atoms with Gasteiger partial charge in [0, 0.05) is 6.07 Å². The van der Waals surface area contributed by atoms with Gasteiger partial charge >= 0.3 is 0 Å². The Hall–Kier alpha value is -1.57. The molecule has 0 aliphatic heterocycles. The Kier molecular flexibility index (Phi) is 4.71. The Morgan fingerprint density at radius 3 is 2.67 bits per heavy atom. The van der Waals surface area contributed by atoms with E-state index in [2.05, 4.69) is 21.2 Å². The first kappa shape index (κ1) is 14.5. The van der Waals surface area contributed by atoms with Gasteiger partial charge in [0.2, 0.25) is 5.91 Å². The summed E-state index contributed by atoms with van der Waals surface area (Å²) in [6.45, 7) is 1.70. The van der Waals surface area contributed by atoms with Crippen molar-refractivity contribution in [3.63, 3.8) is 0 Å². The van der Waals surface area contributed by atoms with Gasteiger partial charge in [0.1, 0.15) is 5.82 Å². The van der Waals surface area contributed by atoms with E-state index in [4.69, 9.17) is 0 Å². The average molecular weight is 323 g/mol. The number of carbonyl (C=O) groups excluding carboxylic acids is 1. The minimum absolute atomic E-state index is 0.419. The van der Waals surface area contributed by atoms with Crippen molar-refractivity contribution >= 4 is 33.2 Å². The molecule has 1 aromatic carbocycles. The summed E-state index contributed by atoms with van der Waals surface area (Å²) in [6, 6.07) is 1.02. The number of nitrogens with one attached hydrogen (secondary N) is 1. The number of hydrogen-bond acceptors (Lipinski definition) is 3. The minimum atomic E-state index is -1.19. The van der Waals surface area contributed by atoms with Crippen LogP contribution in [-0.4, -0.2) is 15.7 Å². The van der Waals surface area contributed by atoms with Gasteiger partial charge < -0.3 is 5.32 Å². The van der Waals surface area contributed by atoms with Gasteiger partial charge in [-0.2, -0.15) is 0 Å². The molecule has 1 unspecified atom stereocenters. The van der Waals surface area contributed by atoms with Gasteiger partial charge in [0.25, 0.3) is 5.69 Å². The predicted molar refractivity (Wildman–Crippen MR) is 64.6 cm³/mol. The van der Waals surface area contributed by atoms with Gasteiger partial charge in [-0.05, 0) is 6.42 Å². The predicted octanol–water partition coefficient (Wildman–Crippen LogP) is 2.99. The lowest BCUT2D eigenvalue weighted by Gasteiger charge is -2.10. The van der Waals surface area contributed by atoms with E-state index in [0.29, 0.717) is 18.6 Å². The molecule has 0 fully saturated rings. The van der Waals surface area contributed by atoms with Crippen LogP contribution < -0.4 is 5.32 Å². The molecule has 0 heterocycles. The fraction of sp³-hybridized carbons (Fsp3) is 0.300. The number of benzene rings is 1. The molecule has 0 aliphatic carbocycles. The number of halogens is 3. The molecule has 8 heteroatoms. The molecule has 5 nitrogen and oxygen atoms in total. The van der Waals surface area contributed by atoms with E-state index in [1.165, 1.54) is 0 Å². The molecule has 0 aromatic heterocycles. The van der Waals surface area contributed by atoms with Crippen LogP contribution in [0.15, 0.2) is 12.1 Å². The minimum Gasteiger partial charge on any atom is -0.317 e. The number of nitrogens with zero attached hydrogens (tertiary/aromatic N) is 1. The van der Waals surface area contributed by atoms with Crippen LogP contribution >= 0.6 is 15.9 Å². The second kappa shape index (κ2) is 5.85. The zero-order valence-electron chi connectivity index (χ0n) is 9.25. The highest BCUT2D eigenvalue weighted by molar-refractivity contribution is 9.10. The van der Waals surface area contributed by atoms with E-state index in [-0.39, 0.29) is 0 Å². The van der Waals surface area contributed by atoms with Crippen LogP contribution in [0.5, 0.6) is 0 Å². The molecule has 1 rings (SSSR count). The first-order valence-electron chi connectivity index (χ1n) is 4.95. The average Bonchev–Trinajstić information content (AvgIpc) is 2.30. The summed E-state index contributed by atoms with van der Waals surface area (Å²) >= 11 is 3.02. The summed E-state index contributed by atoms with van der Waals surface area (Å²) in [5.41, 5.74) is -1.46. The number of anilines is 1. The summed E-state index contributed by atoms with van der Waals surface area (Å²) in [4.78, 5) is 20.6. The lowest BCUT2D eigenvalue weighted by Crippen LogP contribution is -2.23. The van der Waals surface area contributed by atoms with Crippen LogP contribution in [0.2, 0.25) is 0 Å². The fourth-order valence-electron chi connectivity index (χ4n) is 1.21. The van der Waals surface area contributed by atoms with Crippen molar-refractivity contribution in [2.75, 3.05) is 5.32 Å². The summed E-state index contributed by atoms with van der Waals surface area (Å²) < 4.78 is 26.3. The number of nitro benzene ring substituents is 1. The van der Waals surface area contributed by atoms with Crippen LogP contribution in [0.25, 0.3) is 0 Å². The summed E-state index contributed by atoms with van der Waals surface area (Å²) in [5, 5.41) is 12.7. The van der Waals surface area contributed by atoms with Gasteiger partial charge in [-0.15, -0.1) is 0 Å². The van der Waals surface area contributed by atoms with Crippen molar-refractivity contribution in [2.45, 2.75) is 18.2 Å². The largest absolute Gasteiger partial charge is 0.317 e. The number of rotatable bonds is 4. The van der Waals surface area contributed by atoms with E-state index in [0.717, 1.165) is 0 Å². The molecule has 0 bridgehead atoms. The molecular weight excluding hydrogens is 314 g/mol. The first-order chi connectivity index (χ1) is 8.36. The van der Waals surface area contributed by atoms with Crippen molar-refractivity contribution in [3.05, 3.63) is 33.9 Å². The zero-order valence-corrected chi connectivity index (χ0v) is 10.8. The molecule has 1 aromatic rings. The monoisotopic (exact) mass is 322 g/mol. The number of hydrogen-bond donors (Lipinski definition) is 1. The third-order valence-electron chi connectivity index (χ3n) is 2.12. The van der Waals surface area contributed by atoms with Crippen LogP contribution in [0, 0.1) is 21.7 Å². The zero-order chi connectivity index (χ0) is 13.9. The topological polar surface area (TPSA) is 72.2 Å². The standard InChI is InChI=1S/C10H9BrF2N2O3/c1-2-6(11)10(16)14-9-7(13)3-5(12)4-8(9)15(17)18/h3-4,6H,2H2,1H3,(H,14,16). The van der Waals surface area contributed by atoms with E-state index in [9.17, 15) is 23.7 Å². The SMILES string of the molecule is CCC(Br)C(=O)Nc1c(F)cc(F)cc1[N+](=O)[O-]. The summed E-state index contributed by atoms with van der Waals surface area (Å²) in [5.74, 6) is -2.90. The highest BCUT2D eigenvalue weighted by Gasteiger charge is 2.24. The van der Waals surface area contributed by atoms with Crippen molar-refractivity contribution < 1.29 is 18.5 Å². The third kappa shape index (κ3) is 3.22. The number of nitro groups is 1.